The van der Waals surface area contributed by atoms with Crippen LogP contribution in [0.2, 0.25) is 0 Å². The van der Waals surface area contributed by atoms with E-state index < -0.39 is 0 Å². The number of aromatic nitrogens is 3. The highest BCUT2D eigenvalue weighted by atomic mass is 16.5. The Hall–Kier alpha value is -2.44. The van der Waals surface area contributed by atoms with E-state index >= 15 is 0 Å². The molecular formula is C14H19N5O2. The van der Waals surface area contributed by atoms with Gasteiger partial charge in [-0.1, -0.05) is 19.0 Å². The Morgan fingerprint density at radius 2 is 1.81 bits per heavy atom. The maximum absolute atomic E-state index is 12.3. The SMILES string of the molecule is Cc1cc(C)nc(NNC(=O)c2c(C)noc2C(C)C)n1. The van der Waals surface area contributed by atoms with E-state index in [1.807, 2.05) is 33.8 Å². The lowest BCUT2D eigenvalue weighted by Gasteiger charge is -2.09. The van der Waals surface area contributed by atoms with Crippen LogP contribution in [0.15, 0.2) is 10.6 Å². The molecule has 2 aromatic heterocycles. The molecule has 2 N–H and O–H groups in total. The summed E-state index contributed by atoms with van der Waals surface area (Å²) in [5.74, 6) is 0.666. The van der Waals surface area contributed by atoms with E-state index in [0.717, 1.165) is 11.4 Å². The number of hydrogen-bond acceptors (Lipinski definition) is 6. The molecule has 1 amide bonds. The van der Waals surface area contributed by atoms with Crippen molar-refractivity contribution < 1.29 is 9.32 Å². The van der Waals surface area contributed by atoms with Crippen molar-refractivity contribution in [3.63, 3.8) is 0 Å². The van der Waals surface area contributed by atoms with Gasteiger partial charge in [-0.2, -0.15) is 0 Å². The van der Waals surface area contributed by atoms with Crippen LogP contribution in [-0.4, -0.2) is 21.0 Å². The number of carbonyl (C=O) groups excluding carboxylic acids is 1. The molecule has 0 aliphatic rings. The summed E-state index contributed by atoms with van der Waals surface area (Å²) in [7, 11) is 0. The summed E-state index contributed by atoms with van der Waals surface area (Å²) >= 11 is 0. The van der Waals surface area contributed by atoms with Gasteiger partial charge < -0.3 is 4.52 Å². The highest BCUT2D eigenvalue weighted by Crippen LogP contribution is 2.21. The Balaban J connectivity index is 2.13. The smallest absolute Gasteiger partial charge is 0.275 e. The van der Waals surface area contributed by atoms with Crippen molar-refractivity contribution in [3.05, 3.63) is 34.5 Å². The number of nitrogens with zero attached hydrogens (tertiary/aromatic N) is 3. The van der Waals surface area contributed by atoms with Gasteiger partial charge in [0.05, 0.1) is 5.69 Å². The highest BCUT2D eigenvalue weighted by Gasteiger charge is 2.22. The van der Waals surface area contributed by atoms with Gasteiger partial charge in [0.2, 0.25) is 5.95 Å². The van der Waals surface area contributed by atoms with Crippen molar-refractivity contribution in [2.24, 2.45) is 0 Å². The molecule has 0 aromatic carbocycles. The summed E-state index contributed by atoms with van der Waals surface area (Å²) in [5, 5.41) is 3.85. The fourth-order valence-corrected chi connectivity index (χ4v) is 2.01. The van der Waals surface area contributed by atoms with Gasteiger partial charge in [-0.3, -0.25) is 15.6 Å². The van der Waals surface area contributed by atoms with Crippen LogP contribution in [0, 0.1) is 20.8 Å². The second-order valence-corrected chi connectivity index (χ2v) is 5.22. The zero-order valence-electron chi connectivity index (χ0n) is 12.8. The van der Waals surface area contributed by atoms with E-state index in [9.17, 15) is 4.79 Å². The Kier molecular flexibility index (Phi) is 4.21. The monoisotopic (exact) mass is 289 g/mol. The topological polar surface area (TPSA) is 92.9 Å². The number of hydrazine groups is 1. The fourth-order valence-electron chi connectivity index (χ4n) is 2.01. The Labute approximate surface area is 123 Å². The summed E-state index contributed by atoms with van der Waals surface area (Å²) in [6, 6.07) is 1.86. The van der Waals surface area contributed by atoms with Crippen LogP contribution in [0.3, 0.4) is 0 Å². The summed E-state index contributed by atoms with van der Waals surface area (Å²) in [4.78, 5) is 20.6. The fraction of sp³-hybridized carbons (Fsp3) is 0.429. The maximum Gasteiger partial charge on any atom is 0.275 e. The first-order chi connectivity index (χ1) is 9.88. The number of rotatable bonds is 4. The van der Waals surface area contributed by atoms with E-state index in [2.05, 4.69) is 26.0 Å². The molecule has 0 radical (unpaired) electrons. The van der Waals surface area contributed by atoms with Crippen molar-refractivity contribution in [2.75, 3.05) is 5.43 Å². The summed E-state index contributed by atoms with van der Waals surface area (Å²) < 4.78 is 5.20. The van der Waals surface area contributed by atoms with Gasteiger partial charge in [0.15, 0.2) is 5.76 Å². The third-order valence-corrected chi connectivity index (χ3v) is 2.91. The molecule has 0 aliphatic carbocycles. The number of aryl methyl sites for hydroxylation is 3. The Morgan fingerprint density at radius 1 is 1.19 bits per heavy atom. The predicted molar refractivity (Wildman–Crippen MR) is 77.9 cm³/mol. The van der Waals surface area contributed by atoms with Crippen LogP contribution in [0.1, 0.15) is 53.0 Å². The minimum atomic E-state index is -0.319. The lowest BCUT2D eigenvalue weighted by atomic mass is 10.1. The minimum absolute atomic E-state index is 0.0735. The van der Waals surface area contributed by atoms with Crippen LogP contribution in [0.25, 0.3) is 0 Å². The second-order valence-electron chi connectivity index (χ2n) is 5.22. The van der Waals surface area contributed by atoms with Gasteiger partial charge in [0, 0.05) is 17.3 Å². The highest BCUT2D eigenvalue weighted by molar-refractivity contribution is 5.96. The molecule has 7 nitrogen and oxygen atoms in total. The van der Waals surface area contributed by atoms with Crippen molar-refractivity contribution in [1.82, 2.24) is 20.6 Å². The third-order valence-electron chi connectivity index (χ3n) is 2.91. The molecule has 2 heterocycles. The summed E-state index contributed by atoms with van der Waals surface area (Å²) in [5.41, 5.74) is 7.94. The normalized spacial score (nSPS) is 10.8. The minimum Gasteiger partial charge on any atom is -0.360 e. The molecule has 7 heteroatoms. The van der Waals surface area contributed by atoms with Gasteiger partial charge in [0.25, 0.3) is 5.91 Å². The van der Waals surface area contributed by atoms with E-state index in [1.54, 1.807) is 6.92 Å². The van der Waals surface area contributed by atoms with Gasteiger partial charge in [0.1, 0.15) is 5.56 Å². The molecule has 2 rings (SSSR count). The van der Waals surface area contributed by atoms with Crippen LogP contribution in [-0.2, 0) is 0 Å². The van der Waals surface area contributed by atoms with Gasteiger partial charge in [-0.05, 0) is 26.8 Å². The molecule has 21 heavy (non-hydrogen) atoms. The Morgan fingerprint density at radius 3 is 2.38 bits per heavy atom. The van der Waals surface area contributed by atoms with Crippen LogP contribution in [0.5, 0.6) is 0 Å². The molecular weight excluding hydrogens is 270 g/mol. The first kappa shape index (κ1) is 15.0. The zero-order chi connectivity index (χ0) is 15.6. The maximum atomic E-state index is 12.3. The van der Waals surface area contributed by atoms with Crippen molar-refractivity contribution in [3.8, 4) is 0 Å². The van der Waals surface area contributed by atoms with Crippen LogP contribution in [0.4, 0.5) is 5.95 Å². The average molecular weight is 289 g/mol. The van der Waals surface area contributed by atoms with E-state index in [4.69, 9.17) is 4.52 Å². The molecule has 0 saturated heterocycles. The van der Waals surface area contributed by atoms with Gasteiger partial charge >= 0.3 is 0 Å². The quantitative estimate of drug-likeness (QED) is 0.839. The molecule has 0 atom stereocenters. The standard InChI is InChI=1S/C14H19N5O2/c1-7(2)12-11(10(5)19-21-12)13(20)17-18-14-15-8(3)6-9(4)16-14/h6-7H,1-5H3,(H,17,20)(H,15,16,18). The summed E-state index contributed by atoms with van der Waals surface area (Å²) in [6.45, 7) is 9.34. The second kappa shape index (κ2) is 5.90. The van der Waals surface area contributed by atoms with Crippen molar-refractivity contribution in [1.29, 1.82) is 0 Å². The predicted octanol–water partition coefficient (Wildman–Crippen LogP) is 2.27. The first-order valence-electron chi connectivity index (χ1n) is 6.73. The molecule has 0 bridgehead atoms. The van der Waals surface area contributed by atoms with E-state index in [0.29, 0.717) is 23.0 Å². The molecule has 112 valence electrons. The number of anilines is 1. The van der Waals surface area contributed by atoms with E-state index in [1.165, 1.54) is 0 Å². The van der Waals surface area contributed by atoms with E-state index in [-0.39, 0.29) is 11.8 Å². The molecule has 2 aromatic rings. The molecule has 0 saturated carbocycles. The largest absolute Gasteiger partial charge is 0.360 e. The van der Waals surface area contributed by atoms with Crippen molar-refractivity contribution >= 4 is 11.9 Å². The lowest BCUT2D eigenvalue weighted by molar-refractivity contribution is 0.0959. The molecule has 0 fully saturated rings. The van der Waals surface area contributed by atoms with Crippen LogP contribution < -0.4 is 10.9 Å². The van der Waals surface area contributed by atoms with Gasteiger partial charge in [-0.15, -0.1) is 0 Å². The number of carbonyl (C=O) groups is 1. The molecule has 0 spiro atoms. The van der Waals surface area contributed by atoms with Gasteiger partial charge in [-0.25, -0.2) is 9.97 Å². The van der Waals surface area contributed by atoms with Crippen molar-refractivity contribution in [2.45, 2.75) is 40.5 Å². The zero-order valence-corrected chi connectivity index (χ0v) is 12.8. The average Bonchev–Trinajstić information content (AvgIpc) is 2.77. The molecule has 0 unspecified atom stereocenters. The number of hydrogen-bond donors (Lipinski definition) is 2. The Bertz CT molecular complexity index is 643. The lowest BCUT2D eigenvalue weighted by Crippen LogP contribution is -2.31. The number of amides is 1. The third kappa shape index (κ3) is 3.36. The summed E-state index contributed by atoms with van der Waals surface area (Å²) in [6.07, 6.45) is 0. The number of nitrogens with one attached hydrogen (secondary N) is 2. The molecule has 0 aliphatic heterocycles. The van der Waals surface area contributed by atoms with Crippen LogP contribution >= 0.6 is 0 Å². The first-order valence-corrected chi connectivity index (χ1v) is 6.73.